The van der Waals surface area contributed by atoms with Crippen molar-refractivity contribution in [3.63, 3.8) is 0 Å². The van der Waals surface area contributed by atoms with Gasteiger partial charge in [-0.2, -0.15) is 17.5 Å². The lowest BCUT2D eigenvalue weighted by atomic mass is 9.95. The molecule has 0 amide bonds. The van der Waals surface area contributed by atoms with Crippen LogP contribution in [-0.4, -0.2) is 75.6 Å². The summed E-state index contributed by atoms with van der Waals surface area (Å²) in [5, 5.41) is 10.0. The fourth-order valence-electron chi connectivity index (χ4n) is 4.59. The Morgan fingerprint density at radius 1 is 1.11 bits per heavy atom. The van der Waals surface area contributed by atoms with E-state index in [1.807, 2.05) is 4.90 Å². The smallest absolute Gasteiger partial charge is 0.377 e. The molecule has 0 aliphatic carbocycles. The number of benzene rings is 2. The Labute approximate surface area is 220 Å². The van der Waals surface area contributed by atoms with Gasteiger partial charge in [-0.25, -0.2) is 8.42 Å². The lowest BCUT2D eigenvalue weighted by Gasteiger charge is -2.42. The third-order valence-corrected chi connectivity index (χ3v) is 9.34. The minimum absolute atomic E-state index is 0.00295. The second-order valence-electron chi connectivity index (χ2n) is 9.47. The minimum Gasteiger partial charge on any atom is -0.377 e. The molecule has 2 fully saturated rings. The third kappa shape index (κ3) is 6.10. The molecule has 2 aromatic rings. The van der Waals surface area contributed by atoms with Crippen LogP contribution in [0.25, 0.3) is 0 Å². The number of alkyl halides is 3. The van der Waals surface area contributed by atoms with E-state index in [4.69, 9.17) is 9.47 Å². The number of piperazine rings is 1. The van der Waals surface area contributed by atoms with E-state index >= 15 is 0 Å². The van der Waals surface area contributed by atoms with Crippen molar-refractivity contribution in [1.29, 1.82) is 0 Å². The van der Waals surface area contributed by atoms with E-state index in [9.17, 15) is 26.7 Å². The van der Waals surface area contributed by atoms with Crippen LogP contribution in [0.5, 0.6) is 0 Å². The quantitative estimate of drug-likeness (QED) is 0.478. The highest BCUT2D eigenvalue weighted by molar-refractivity contribution is 7.90. The topological polar surface area (TPSA) is 79.3 Å². The Bertz CT molecular complexity index is 1170. The minimum atomic E-state index is -4.82. The Morgan fingerprint density at radius 2 is 1.81 bits per heavy atom. The van der Waals surface area contributed by atoms with Crippen molar-refractivity contribution >= 4 is 28.3 Å². The van der Waals surface area contributed by atoms with Gasteiger partial charge in [-0.05, 0) is 49.6 Å². The summed E-state index contributed by atoms with van der Waals surface area (Å²) in [4.78, 5) is 2.40. The zero-order chi connectivity index (χ0) is 26.8. The summed E-state index contributed by atoms with van der Waals surface area (Å²) in [5.74, 6) is 0. The molecule has 2 unspecified atom stereocenters. The second-order valence-corrected chi connectivity index (χ2v) is 11.9. The molecule has 4 rings (SSSR count). The van der Waals surface area contributed by atoms with Gasteiger partial charge in [0.2, 0.25) is 10.0 Å². The van der Waals surface area contributed by atoms with Gasteiger partial charge in [-0.1, -0.05) is 24.3 Å². The first-order valence-corrected chi connectivity index (χ1v) is 13.9. The van der Waals surface area contributed by atoms with Crippen molar-refractivity contribution in [1.82, 2.24) is 4.31 Å². The van der Waals surface area contributed by atoms with E-state index in [2.05, 4.69) is 12.6 Å². The first-order valence-electron chi connectivity index (χ1n) is 12.0. The van der Waals surface area contributed by atoms with Crippen LogP contribution in [0.3, 0.4) is 0 Å². The summed E-state index contributed by atoms with van der Waals surface area (Å²) in [6.07, 6.45) is -2.96. The first kappa shape index (κ1) is 28.2. The van der Waals surface area contributed by atoms with E-state index in [0.717, 1.165) is 12.8 Å². The van der Waals surface area contributed by atoms with E-state index in [0.29, 0.717) is 37.3 Å². The molecule has 0 bridgehead atoms. The molecule has 2 aromatic carbocycles. The van der Waals surface area contributed by atoms with Crippen LogP contribution in [0.1, 0.15) is 25.3 Å². The standard InChI is InChI=1S/C25H31F3N2O5S2/c1-24(31,25(26,27)28)18-8-10-19(11-9-18)30-13-12-29(37(32,33)23-7-3-2-6-22(23)36)15-20(30)16-34-17-21-5-4-14-35-21/h2-3,6-11,20-21,31,36H,4-5,12-17H2,1H3/t20-,21?,24?/m1/s1. The molecule has 204 valence electrons. The van der Waals surface area contributed by atoms with Gasteiger partial charge >= 0.3 is 6.18 Å². The predicted octanol–water partition coefficient (Wildman–Crippen LogP) is 3.82. The third-order valence-electron chi connectivity index (χ3n) is 6.88. The molecule has 3 atom stereocenters. The number of thiol groups is 1. The number of sulfonamides is 1. The van der Waals surface area contributed by atoms with Gasteiger partial charge in [0.1, 0.15) is 0 Å². The Kier molecular flexibility index (Phi) is 8.46. The maximum Gasteiger partial charge on any atom is 0.421 e. The molecule has 0 aromatic heterocycles. The van der Waals surface area contributed by atoms with Crippen LogP contribution >= 0.6 is 12.6 Å². The molecule has 2 aliphatic heterocycles. The molecule has 0 saturated carbocycles. The summed E-state index contributed by atoms with van der Waals surface area (Å²) in [7, 11) is -3.82. The van der Waals surface area contributed by atoms with Crippen molar-refractivity contribution in [3.8, 4) is 0 Å². The fraction of sp³-hybridized carbons (Fsp3) is 0.520. The highest BCUT2D eigenvalue weighted by Gasteiger charge is 2.51. The summed E-state index contributed by atoms with van der Waals surface area (Å²) in [5.41, 5.74) is -2.65. The van der Waals surface area contributed by atoms with Crippen LogP contribution in [0, 0.1) is 0 Å². The van der Waals surface area contributed by atoms with Gasteiger partial charge in [0, 0.05) is 36.8 Å². The van der Waals surface area contributed by atoms with Gasteiger partial charge in [0.15, 0.2) is 5.60 Å². The summed E-state index contributed by atoms with van der Waals surface area (Å²) in [6, 6.07) is 11.6. The van der Waals surface area contributed by atoms with Crippen LogP contribution in [0.15, 0.2) is 58.3 Å². The molecule has 0 spiro atoms. The van der Waals surface area contributed by atoms with Gasteiger partial charge < -0.3 is 19.5 Å². The van der Waals surface area contributed by atoms with Crippen molar-refractivity contribution in [3.05, 3.63) is 54.1 Å². The van der Waals surface area contributed by atoms with E-state index in [1.54, 1.807) is 18.2 Å². The number of anilines is 1. The van der Waals surface area contributed by atoms with Gasteiger partial charge in [-0.15, -0.1) is 12.6 Å². The second kappa shape index (κ2) is 11.1. The van der Waals surface area contributed by atoms with Crippen molar-refractivity contribution in [2.75, 3.05) is 44.4 Å². The van der Waals surface area contributed by atoms with Crippen LogP contribution in [-0.2, 0) is 25.1 Å². The molecule has 2 saturated heterocycles. The molecule has 1 N–H and O–H groups in total. The SMILES string of the molecule is CC(O)(c1ccc(N2CCN(S(=O)(=O)c3ccccc3S)C[C@@H]2COCC2CCCO2)cc1)C(F)(F)F. The Balaban J connectivity index is 1.55. The number of rotatable bonds is 8. The van der Waals surface area contributed by atoms with E-state index < -0.39 is 27.8 Å². The van der Waals surface area contributed by atoms with E-state index in [-0.39, 0.29) is 36.3 Å². The fourth-order valence-corrected chi connectivity index (χ4v) is 6.65. The number of aliphatic hydroxyl groups is 1. The van der Waals surface area contributed by atoms with Crippen molar-refractivity contribution in [2.45, 2.75) is 53.5 Å². The zero-order valence-corrected chi connectivity index (χ0v) is 22.1. The zero-order valence-electron chi connectivity index (χ0n) is 20.4. The average molecular weight is 561 g/mol. The molecule has 2 aliphatic rings. The molecule has 7 nitrogen and oxygen atoms in total. The maximum atomic E-state index is 13.4. The van der Waals surface area contributed by atoms with Crippen molar-refractivity contribution < 1.29 is 36.2 Å². The number of nitrogens with zero attached hydrogens (tertiary/aromatic N) is 2. The molecule has 37 heavy (non-hydrogen) atoms. The van der Waals surface area contributed by atoms with Gasteiger partial charge in [0.25, 0.3) is 0 Å². The Hall–Kier alpha value is -1.83. The molecule has 2 heterocycles. The maximum absolute atomic E-state index is 13.4. The normalized spacial score (nSPS) is 23.2. The molecule has 0 radical (unpaired) electrons. The van der Waals surface area contributed by atoms with Gasteiger partial charge in [0.05, 0.1) is 30.3 Å². The highest BCUT2D eigenvalue weighted by Crippen LogP contribution is 2.39. The molecular formula is C25H31F3N2O5S2. The largest absolute Gasteiger partial charge is 0.421 e. The first-order chi connectivity index (χ1) is 17.4. The monoisotopic (exact) mass is 560 g/mol. The lowest BCUT2D eigenvalue weighted by molar-refractivity contribution is -0.258. The van der Waals surface area contributed by atoms with Gasteiger partial charge in [-0.3, -0.25) is 0 Å². The number of ether oxygens (including phenoxy) is 2. The summed E-state index contributed by atoms with van der Waals surface area (Å²) in [6.45, 7) is 2.59. The lowest BCUT2D eigenvalue weighted by Crippen LogP contribution is -2.56. The average Bonchev–Trinajstić information content (AvgIpc) is 3.37. The van der Waals surface area contributed by atoms with Crippen LogP contribution < -0.4 is 4.90 Å². The molecular weight excluding hydrogens is 529 g/mol. The number of hydrogen-bond acceptors (Lipinski definition) is 7. The molecule has 12 heteroatoms. The van der Waals surface area contributed by atoms with Crippen molar-refractivity contribution in [2.24, 2.45) is 0 Å². The Morgan fingerprint density at radius 3 is 2.43 bits per heavy atom. The number of hydrogen-bond donors (Lipinski definition) is 2. The summed E-state index contributed by atoms with van der Waals surface area (Å²) < 4.78 is 79.5. The van der Waals surface area contributed by atoms with E-state index in [1.165, 1.54) is 34.6 Å². The summed E-state index contributed by atoms with van der Waals surface area (Å²) >= 11 is 4.31. The predicted molar refractivity (Wildman–Crippen MR) is 135 cm³/mol. The van der Waals surface area contributed by atoms with Crippen LogP contribution in [0.4, 0.5) is 18.9 Å². The van der Waals surface area contributed by atoms with Crippen LogP contribution in [0.2, 0.25) is 0 Å². The highest BCUT2D eigenvalue weighted by atomic mass is 32.2. The number of halogens is 3.